The lowest BCUT2D eigenvalue weighted by molar-refractivity contribution is 0.0200. The molecule has 150 valence electrons. The first kappa shape index (κ1) is 20.0. The summed E-state index contributed by atoms with van der Waals surface area (Å²) >= 11 is 0. The van der Waals surface area contributed by atoms with E-state index < -0.39 is 0 Å². The summed E-state index contributed by atoms with van der Waals surface area (Å²) in [5, 5.41) is 6.92. The molecule has 27 heavy (non-hydrogen) atoms. The van der Waals surface area contributed by atoms with Crippen LogP contribution in [0.2, 0.25) is 0 Å². The van der Waals surface area contributed by atoms with Crippen molar-refractivity contribution in [2.24, 2.45) is 4.99 Å². The fraction of sp³-hybridized carbons (Fsp3) is 0.667. The van der Waals surface area contributed by atoms with Gasteiger partial charge in [0, 0.05) is 38.0 Å². The highest BCUT2D eigenvalue weighted by Gasteiger charge is 2.23. The third-order valence-corrected chi connectivity index (χ3v) is 5.11. The molecule has 2 aliphatic rings. The van der Waals surface area contributed by atoms with Crippen LogP contribution < -0.4 is 15.5 Å². The number of aliphatic imine (C=N–C) groups is 1. The third kappa shape index (κ3) is 6.40. The largest absolute Gasteiger partial charge is 0.377 e. The maximum atomic E-state index is 5.70. The van der Waals surface area contributed by atoms with Gasteiger partial charge in [-0.2, -0.15) is 0 Å². The number of hydrogen-bond acceptors (Lipinski definition) is 4. The maximum absolute atomic E-state index is 5.70. The van der Waals surface area contributed by atoms with E-state index in [1.54, 1.807) is 0 Å². The Morgan fingerprint density at radius 2 is 2.15 bits per heavy atom. The first-order valence-corrected chi connectivity index (χ1v) is 10.3. The van der Waals surface area contributed by atoms with Crippen LogP contribution in [0.25, 0.3) is 0 Å². The van der Waals surface area contributed by atoms with Gasteiger partial charge in [-0.25, -0.2) is 0 Å². The lowest BCUT2D eigenvalue weighted by Gasteiger charge is -2.20. The van der Waals surface area contributed by atoms with Crippen molar-refractivity contribution in [3.05, 3.63) is 29.8 Å². The standard InChI is InChI=1S/C21H34N4O2/c1-3-22-21(23-11-14-26-16-20-5-4-13-27-20)24-18-10-12-25(15-18)19-8-6-17(2)7-9-19/h6-9,18,20H,3-5,10-16H2,1-2H3,(H2,22,23,24). The number of anilines is 1. The highest BCUT2D eigenvalue weighted by atomic mass is 16.5. The lowest BCUT2D eigenvalue weighted by atomic mass is 10.2. The third-order valence-electron chi connectivity index (χ3n) is 5.11. The number of aryl methyl sites for hydroxylation is 1. The Hall–Kier alpha value is -1.79. The van der Waals surface area contributed by atoms with Crippen molar-refractivity contribution < 1.29 is 9.47 Å². The molecule has 2 aliphatic heterocycles. The average Bonchev–Trinajstić information content (AvgIpc) is 3.34. The Bertz CT molecular complexity index is 584. The van der Waals surface area contributed by atoms with Crippen molar-refractivity contribution in [3.8, 4) is 0 Å². The van der Waals surface area contributed by atoms with Crippen molar-refractivity contribution in [2.75, 3.05) is 50.9 Å². The van der Waals surface area contributed by atoms with Crippen LogP contribution in [-0.2, 0) is 9.47 Å². The number of rotatable bonds is 8. The topological polar surface area (TPSA) is 58.1 Å². The number of guanidine groups is 1. The predicted molar refractivity (Wildman–Crippen MR) is 111 cm³/mol. The van der Waals surface area contributed by atoms with Crippen LogP contribution in [0.1, 0.15) is 31.7 Å². The summed E-state index contributed by atoms with van der Waals surface area (Å²) in [4.78, 5) is 7.10. The van der Waals surface area contributed by atoms with Gasteiger partial charge >= 0.3 is 0 Å². The molecular weight excluding hydrogens is 340 g/mol. The molecule has 2 N–H and O–H groups in total. The molecule has 2 unspecified atom stereocenters. The van der Waals surface area contributed by atoms with E-state index in [9.17, 15) is 0 Å². The second-order valence-electron chi connectivity index (χ2n) is 7.38. The highest BCUT2D eigenvalue weighted by molar-refractivity contribution is 5.80. The SMILES string of the molecule is CCNC(=NCCOCC1CCCO1)NC1CCN(c2ccc(C)cc2)C1. The van der Waals surface area contributed by atoms with Gasteiger partial charge in [-0.1, -0.05) is 17.7 Å². The molecule has 0 amide bonds. The molecule has 0 bridgehead atoms. The van der Waals surface area contributed by atoms with E-state index in [0.717, 1.165) is 51.5 Å². The van der Waals surface area contributed by atoms with Gasteiger partial charge in [-0.3, -0.25) is 4.99 Å². The molecule has 0 radical (unpaired) electrons. The van der Waals surface area contributed by atoms with Gasteiger partial charge in [-0.15, -0.1) is 0 Å². The predicted octanol–water partition coefficient (Wildman–Crippen LogP) is 2.32. The van der Waals surface area contributed by atoms with E-state index in [1.165, 1.54) is 11.3 Å². The summed E-state index contributed by atoms with van der Waals surface area (Å²) in [6.45, 7) is 10.0. The second-order valence-corrected chi connectivity index (χ2v) is 7.38. The minimum Gasteiger partial charge on any atom is -0.377 e. The van der Waals surface area contributed by atoms with Crippen LogP contribution in [0.5, 0.6) is 0 Å². The molecule has 0 spiro atoms. The van der Waals surface area contributed by atoms with E-state index >= 15 is 0 Å². The Morgan fingerprint density at radius 3 is 2.89 bits per heavy atom. The van der Waals surface area contributed by atoms with Crippen molar-refractivity contribution in [2.45, 2.75) is 45.3 Å². The zero-order valence-electron chi connectivity index (χ0n) is 16.7. The molecule has 0 aliphatic carbocycles. The normalized spacial score (nSPS) is 23.0. The van der Waals surface area contributed by atoms with E-state index in [-0.39, 0.29) is 6.10 Å². The van der Waals surface area contributed by atoms with Gasteiger partial charge in [0.15, 0.2) is 5.96 Å². The summed E-state index contributed by atoms with van der Waals surface area (Å²) in [7, 11) is 0. The maximum Gasteiger partial charge on any atom is 0.191 e. The van der Waals surface area contributed by atoms with E-state index in [0.29, 0.717) is 25.8 Å². The van der Waals surface area contributed by atoms with Gasteiger partial charge in [0.1, 0.15) is 0 Å². The highest BCUT2D eigenvalue weighted by Crippen LogP contribution is 2.20. The van der Waals surface area contributed by atoms with Crippen LogP contribution in [0.3, 0.4) is 0 Å². The molecule has 0 saturated carbocycles. The molecule has 2 heterocycles. The minimum absolute atomic E-state index is 0.284. The monoisotopic (exact) mass is 374 g/mol. The summed E-state index contributed by atoms with van der Waals surface area (Å²) in [5.74, 6) is 0.883. The molecule has 2 atom stereocenters. The Balaban J connectivity index is 1.41. The number of hydrogen-bond donors (Lipinski definition) is 2. The smallest absolute Gasteiger partial charge is 0.191 e. The Kier molecular flexibility index (Phi) is 7.78. The molecule has 0 aromatic heterocycles. The van der Waals surface area contributed by atoms with Crippen LogP contribution in [0.15, 0.2) is 29.3 Å². The summed E-state index contributed by atoms with van der Waals surface area (Å²) in [6.07, 6.45) is 3.67. The first-order valence-electron chi connectivity index (χ1n) is 10.3. The van der Waals surface area contributed by atoms with Gasteiger partial charge in [0.2, 0.25) is 0 Å². The molecule has 2 saturated heterocycles. The summed E-state index contributed by atoms with van der Waals surface area (Å²) in [6, 6.07) is 9.19. The van der Waals surface area contributed by atoms with E-state index in [1.807, 2.05) is 0 Å². The molecule has 6 nitrogen and oxygen atoms in total. The molecular formula is C21H34N4O2. The average molecular weight is 375 g/mol. The quantitative estimate of drug-likeness (QED) is 0.415. The van der Waals surface area contributed by atoms with Crippen LogP contribution in [0, 0.1) is 6.92 Å². The lowest BCUT2D eigenvalue weighted by Crippen LogP contribution is -2.44. The van der Waals surface area contributed by atoms with Crippen LogP contribution in [0.4, 0.5) is 5.69 Å². The molecule has 2 fully saturated rings. The molecule has 1 aromatic rings. The van der Waals surface area contributed by atoms with Gasteiger partial charge in [0.25, 0.3) is 0 Å². The second kappa shape index (κ2) is 10.5. The zero-order chi connectivity index (χ0) is 18.9. The number of ether oxygens (including phenoxy) is 2. The van der Waals surface area contributed by atoms with Gasteiger partial charge in [0.05, 0.1) is 25.9 Å². The van der Waals surface area contributed by atoms with Gasteiger partial charge < -0.3 is 25.0 Å². The number of nitrogens with one attached hydrogen (secondary N) is 2. The number of benzene rings is 1. The molecule has 3 rings (SSSR count). The fourth-order valence-electron chi connectivity index (χ4n) is 3.59. The Morgan fingerprint density at radius 1 is 1.30 bits per heavy atom. The number of nitrogens with zero attached hydrogens (tertiary/aromatic N) is 2. The van der Waals surface area contributed by atoms with E-state index in [2.05, 4.69) is 58.6 Å². The zero-order valence-corrected chi connectivity index (χ0v) is 16.7. The molecule has 6 heteroatoms. The van der Waals surface area contributed by atoms with E-state index in [4.69, 9.17) is 9.47 Å². The van der Waals surface area contributed by atoms with Crippen molar-refractivity contribution in [3.63, 3.8) is 0 Å². The summed E-state index contributed by atoms with van der Waals surface area (Å²) < 4.78 is 11.3. The molecule has 1 aromatic carbocycles. The Labute approximate surface area is 163 Å². The van der Waals surface area contributed by atoms with Crippen LogP contribution in [-0.4, -0.2) is 64.1 Å². The van der Waals surface area contributed by atoms with Crippen molar-refractivity contribution in [1.29, 1.82) is 0 Å². The van der Waals surface area contributed by atoms with Crippen LogP contribution >= 0.6 is 0 Å². The van der Waals surface area contributed by atoms with Gasteiger partial charge in [-0.05, 0) is 45.2 Å². The van der Waals surface area contributed by atoms with Crippen molar-refractivity contribution >= 4 is 11.6 Å². The fourth-order valence-corrected chi connectivity index (χ4v) is 3.59. The van der Waals surface area contributed by atoms with Crippen molar-refractivity contribution in [1.82, 2.24) is 10.6 Å². The summed E-state index contributed by atoms with van der Waals surface area (Å²) in [5.41, 5.74) is 2.60. The minimum atomic E-state index is 0.284. The first-order chi connectivity index (χ1) is 13.2.